The van der Waals surface area contributed by atoms with Gasteiger partial charge in [0.1, 0.15) is 5.75 Å². The molecular formula is C26H29N3O2. The van der Waals surface area contributed by atoms with Crippen LogP contribution in [0.4, 0.5) is 0 Å². The van der Waals surface area contributed by atoms with Gasteiger partial charge in [-0.1, -0.05) is 36.4 Å². The number of aromatic nitrogens is 1. The van der Waals surface area contributed by atoms with E-state index < -0.39 is 0 Å². The maximum Gasteiger partial charge on any atom is 0.254 e. The van der Waals surface area contributed by atoms with Gasteiger partial charge in [0.2, 0.25) is 0 Å². The van der Waals surface area contributed by atoms with Crippen LogP contribution in [0.3, 0.4) is 0 Å². The lowest BCUT2D eigenvalue weighted by atomic mass is 9.94. The molecule has 160 valence electrons. The van der Waals surface area contributed by atoms with Crippen molar-refractivity contribution in [2.75, 3.05) is 20.2 Å². The van der Waals surface area contributed by atoms with Crippen LogP contribution in [0, 0.1) is 5.92 Å². The number of hydrogen-bond donors (Lipinski definition) is 1. The van der Waals surface area contributed by atoms with Crippen molar-refractivity contribution in [1.82, 2.24) is 15.2 Å². The van der Waals surface area contributed by atoms with E-state index >= 15 is 0 Å². The molecule has 1 N–H and O–H groups in total. The fourth-order valence-electron chi connectivity index (χ4n) is 4.22. The summed E-state index contributed by atoms with van der Waals surface area (Å²) in [5.74, 6) is 1.42. The van der Waals surface area contributed by atoms with E-state index in [1.54, 1.807) is 19.5 Å². The first-order valence-corrected chi connectivity index (χ1v) is 10.8. The fourth-order valence-corrected chi connectivity index (χ4v) is 4.22. The Hall–Kier alpha value is -3.18. The Bertz CT molecular complexity index is 1000. The van der Waals surface area contributed by atoms with Crippen molar-refractivity contribution in [1.29, 1.82) is 0 Å². The summed E-state index contributed by atoms with van der Waals surface area (Å²) in [4.78, 5) is 19.8. The molecule has 2 aromatic carbocycles. The Morgan fingerprint density at radius 2 is 1.77 bits per heavy atom. The Labute approximate surface area is 184 Å². The highest BCUT2D eigenvalue weighted by Gasteiger charge is 2.23. The lowest BCUT2D eigenvalue weighted by Gasteiger charge is -2.25. The minimum absolute atomic E-state index is 0.0456. The summed E-state index contributed by atoms with van der Waals surface area (Å²) in [6, 6.07) is 19.8. The number of hydrogen-bond acceptors (Lipinski definition) is 4. The zero-order valence-corrected chi connectivity index (χ0v) is 18.0. The highest BCUT2D eigenvalue weighted by Crippen LogP contribution is 2.24. The number of para-hydroxylation sites is 1. The number of pyridine rings is 1. The molecule has 1 aliphatic rings. The van der Waals surface area contributed by atoms with Gasteiger partial charge >= 0.3 is 0 Å². The summed E-state index contributed by atoms with van der Waals surface area (Å²) in [7, 11) is 1.67. The number of benzene rings is 2. The summed E-state index contributed by atoms with van der Waals surface area (Å²) in [6.07, 6.45) is 5.61. The van der Waals surface area contributed by atoms with Crippen molar-refractivity contribution in [2.24, 2.45) is 5.92 Å². The third-order valence-electron chi connectivity index (χ3n) is 5.88. The summed E-state index contributed by atoms with van der Waals surface area (Å²) in [6.45, 7) is 3.07. The number of carbonyl (C=O) groups is 1. The SMILES string of the molecule is COc1ccccc1CN(Cc1ccncc1)C(=O)c1ccccc1CC1CCNC1. The van der Waals surface area contributed by atoms with Crippen molar-refractivity contribution < 1.29 is 9.53 Å². The van der Waals surface area contributed by atoms with E-state index in [0.29, 0.717) is 19.0 Å². The fraction of sp³-hybridized carbons (Fsp3) is 0.308. The van der Waals surface area contributed by atoms with E-state index in [-0.39, 0.29) is 5.91 Å². The number of nitrogens with one attached hydrogen (secondary N) is 1. The van der Waals surface area contributed by atoms with Crippen molar-refractivity contribution in [3.8, 4) is 5.75 Å². The molecule has 1 atom stereocenters. The van der Waals surface area contributed by atoms with Crippen molar-refractivity contribution in [3.63, 3.8) is 0 Å². The maximum absolute atomic E-state index is 13.8. The molecule has 1 saturated heterocycles. The highest BCUT2D eigenvalue weighted by atomic mass is 16.5. The Morgan fingerprint density at radius 1 is 1.03 bits per heavy atom. The van der Waals surface area contributed by atoms with Crippen LogP contribution in [0.5, 0.6) is 5.75 Å². The Balaban J connectivity index is 1.63. The quantitative estimate of drug-likeness (QED) is 0.602. The van der Waals surface area contributed by atoms with E-state index in [0.717, 1.165) is 53.9 Å². The average molecular weight is 416 g/mol. The minimum atomic E-state index is 0.0456. The molecule has 1 fully saturated rings. The monoisotopic (exact) mass is 415 g/mol. The average Bonchev–Trinajstić information content (AvgIpc) is 3.33. The second-order valence-electron chi connectivity index (χ2n) is 8.05. The number of nitrogens with zero attached hydrogens (tertiary/aromatic N) is 2. The molecule has 0 saturated carbocycles. The van der Waals surface area contributed by atoms with E-state index in [9.17, 15) is 4.79 Å². The van der Waals surface area contributed by atoms with Gasteiger partial charge in [-0.25, -0.2) is 0 Å². The van der Waals surface area contributed by atoms with Gasteiger partial charge in [-0.15, -0.1) is 0 Å². The first kappa shape index (κ1) is 21.1. The standard InChI is InChI=1S/C26H29N3O2/c1-31-25-9-5-3-7-23(25)19-29(18-20-10-13-27-14-11-20)26(30)24-8-4-2-6-22(24)16-21-12-15-28-17-21/h2-11,13-14,21,28H,12,15-19H2,1H3. The van der Waals surface area contributed by atoms with Crippen LogP contribution in [-0.2, 0) is 19.5 Å². The topological polar surface area (TPSA) is 54.5 Å². The predicted molar refractivity (Wildman–Crippen MR) is 122 cm³/mol. The van der Waals surface area contributed by atoms with Crippen LogP contribution in [-0.4, -0.2) is 36.0 Å². The number of carbonyl (C=O) groups excluding carboxylic acids is 1. The zero-order valence-electron chi connectivity index (χ0n) is 18.0. The molecule has 1 amide bonds. The third-order valence-corrected chi connectivity index (χ3v) is 5.88. The van der Waals surface area contributed by atoms with Gasteiger partial charge in [-0.3, -0.25) is 9.78 Å². The number of amides is 1. The molecule has 1 unspecified atom stereocenters. The lowest BCUT2D eigenvalue weighted by molar-refractivity contribution is 0.0727. The van der Waals surface area contributed by atoms with Crippen LogP contribution < -0.4 is 10.1 Å². The van der Waals surface area contributed by atoms with Crippen molar-refractivity contribution in [3.05, 3.63) is 95.3 Å². The molecule has 0 bridgehead atoms. The molecule has 4 rings (SSSR count). The molecule has 0 spiro atoms. The molecule has 3 aromatic rings. The molecule has 0 radical (unpaired) electrons. The molecule has 31 heavy (non-hydrogen) atoms. The Morgan fingerprint density at radius 3 is 2.52 bits per heavy atom. The van der Waals surface area contributed by atoms with E-state index in [1.807, 2.05) is 59.5 Å². The minimum Gasteiger partial charge on any atom is -0.496 e. The molecule has 1 aromatic heterocycles. The molecule has 1 aliphatic heterocycles. The number of ether oxygens (including phenoxy) is 1. The van der Waals surface area contributed by atoms with Gasteiger partial charge in [0.25, 0.3) is 5.91 Å². The van der Waals surface area contributed by atoms with Crippen molar-refractivity contribution >= 4 is 5.91 Å². The maximum atomic E-state index is 13.8. The first-order chi connectivity index (χ1) is 15.2. The summed E-state index contributed by atoms with van der Waals surface area (Å²) in [5, 5.41) is 3.43. The van der Waals surface area contributed by atoms with Gasteiger partial charge in [0.15, 0.2) is 0 Å². The van der Waals surface area contributed by atoms with Crippen LogP contribution in [0.15, 0.2) is 73.1 Å². The van der Waals surface area contributed by atoms with Gasteiger partial charge in [-0.2, -0.15) is 0 Å². The second kappa shape index (κ2) is 10.2. The van der Waals surface area contributed by atoms with E-state index in [1.165, 1.54) is 0 Å². The van der Waals surface area contributed by atoms with Crippen LogP contribution >= 0.6 is 0 Å². The van der Waals surface area contributed by atoms with Crippen LogP contribution in [0.2, 0.25) is 0 Å². The largest absolute Gasteiger partial charge is 0.496 e. The Kier molecular flexibility index (Phi) is 6.95. The predicted octanol–water partition coefficient (Wildman–Crippen LogP) is 4.08. The number of methoxy groups -OCH3 is 1. The first-order valence-electron chi connectivity index (χ1n) is 10.8. The van der Waals surface area contributed by atoms with Gasteiger partial charge in [0, 0.05) is 36.6 Å². The van der Waals surface area contributed by atoms with E-state index in [2.05, 4.69) is 16.4 Å². The smallest absolute Gasteiger partial charge is 0.254 e. The molecule has 5 nitrogen and oxygen atoms in total. The molecule has 0 aliphatic carbocycles. The van der Waals surface area contributed by atoms with Gasteiger partial charge < -0.3 is 15.0 Å². The molecular weight excluding hydrogens is 386 g/mol. The van der Waals surface area contributed by atoms with Crippen molar-refractivity contribution in [2.45, 2.75) is 25.9 Å². The zero-order chi connectivity index (χ0) is 21.5. The third kappa shape index (κ3) is 5.30. The second-order valence-corrected chi connectivity index (χ2v) is 8.05. The lowest BCUT2D eigenvalue weighted by Crippen LogP contribution is -2.31. The van der Waals surface area contributed by atoms with Gasteiger partial charge in [-0.05, 0) is 67.2 Å². The van der Waals surface area contributed by atoms with Crippen LogP contribution in [0.1, 0.15) is 33.5 Å². The summed E-state index contributed by atoms with van der Waals surface area (Å²) < 4.78 is 5.54. The summed E-state index contributed by atoms with van der Waals surface area (Å²) >= 11 is 0. The molecule has 5 heteroatoms. The van der Waals surface area contributed by atoms with E-state index in [4.69, 9.17) is 4.74 Å². The summed E-state index contributed by atoms with van der Waals surface area (Å²) in [5.41, 5.74) is 3.96. The van der Waals surface area contributed by atoms with Gasteiger partial charge in [0.05, 0.1) is 7.11 Å². The molecule has 2 heterocycles. The van der Waals surface area contributed by atoms with Crippen LogP contribution in [0.25, 0.3) is 0 Å². The normalized spacial score (nSPS) is 15.6. The highest BCUT2D eigenvalue weighted by molar-refractivity contribution is 5.95. The number of rotatable bonds is 8.